The molecule has 114 valence electrons. The molecule has 1 aliphatic carbocycles. The van der Waals surface area contributed by atoms with Crippen LogP contribution in [0.4, 0.5) is 10.1 Å². The Morgan fingerprint density at radius 2 is 1.95 bits per heavy atom. The van der Waals surface area contributed by atoms with Crippen LogP contribution in [0.1, 0.15) is 39.0 Å². The molecule has 0 aromatic heterocycles. The number of nitrogens with two attached hydrogens (primary N) is 1. The van der Waals surface area contributed by atoms with Crippen molar-refractivity contribution in [1.82, 2.24) is 0 Å². The lowest BCUT2D eigenvalue weighted by molar-refractivity contribution is -0.126. The van der Waals surface area contributed by atoms with E-state index in [2.05, 4.69) is 0 Å². The molecule has 0 unspecified atom stereocenters. The van der Waals surface area contributed by atoms with Gasteiger partial charge in [0, 0.05) is 6.54 Å². The predicted molar refractivity (Wildman–Crippen MR) is 86.7 cm³/mol. The zero-order valence-corrected chi connectivity index (χ0v) is 13.1. The van der Waals surface area contributed by atoms with Crippen molar-refractivity contribution in [3.63, 3.8) is 0 Å². The van der Waals surface area contributed by atoms with E-state index in [4.69, 9.17) is 18.0 Å². The molecule has 1 fully saturated rings. The molecule has 0 aliphatic heterocycles. The van der Waals surface area contributed by atoms with E-state index < -0.39 is 11.2 Å². The first-order chi connectivity index (χ1) is 10.0. The Kier molecular flexibility index (Phi) is 4.93. The van der Waals surface area contributed by atoms with E-state index in [0.29, 0.717) is 25.1 Å². The number of carbonyl (C=O) groups is 1. The molecule has 0 heterocycles. The molecule has 21 heavy (non-hydrogen) atoms. The second-order valence-corrected chi connectivity index (χ2v) is 5.95. The SMILES string of the molecule is CCN(C(=O)C1(C(N)=S)CCCCC1)c1ccccc1F. The molecular weight excluding hydrogens is 287 g/mol. The van der Waals surface area contributed by atoms with Crippen LogP contribution >= 0.6 is 12.2 Å². The molecule has 0 radical (unpaired) electrons. The molecule has 2 rings (SSSR count). The number of carbonyl (C=O) groups excluding carboxylic acids is 1. The van der Waals surface area contributed by atoms with Crippen molar-refractivity contribution in [3.05, 3.63) is 30.1 Å². The lowest BCUT2D eigenvalue weighted by atomic mass is 9.72. The summed E-state index contributed by atoms with van der Waals surface area (Å²) >= 11 is 5.19. The summed E-state index contributed by atoms with van der Waals surface area (Å²) in [5.74, 6) is -0.566. The zero-order valence-electron chi connectivity index (χ0n) is 12.3. The minimum Gasteiger partial charge on any atom is -0.392 e. The Morgan fingerprint density at radius 1 is 1.33 bits per heavy atom. The van der Waals surface area contributed by atoms with Crippen LogP contribution < -0.4 is 10.6 Å². The second kappa shape index (κ2) is 6.52. The number of hydrogen-bond acceptors (Lipinski definition) is 2. The maximum atomic E-state index is 14.0. The predicted octanol–water partition coefficient (Wildman–Crippen LogP) is 3.42. The van der Waals surface area contributed by atoms with Crippen molar-refractivity contribution in [3.8, 4) is 0 Å². The third kappa shape index (κ3) is 2.93. The van der Waals surface area contributed by atoms with E-state index in [1.807, 2.05) is 6.92 Å². The molecule has 2 N–H and O–H groups in total. The van der Waals surface area contributed by atoms with E-state index in [1.54, 1.807) is 18.2 Å². The third-order valence-electron chi connectivity index (χ3n) is 4.29. The highest BCUT2D eigenvalue weighted by molar-refractivity contribution is 7.80. The molecule has 1 saturated carbocycles. The summed E-state index contributed by atoms with van der Waals surface area (Å²) in [5, 5.41) is 0. The van der Waals surface area contributed by atoms with Gasteiger partial charge in [0.2, 0.25) is 5.91 Å². The van der Waals surface area contributed by atoms with Gasteiger partial charge in [-0.25, -0.2) is 4.39 Å². The Morgan fingerprint density at radius 3 is 2.48 bits per heavy atom. The standard InChI is InChI=1S/C16H21FN2OS/c1-2-19(13-9-5-4-8-12(13)17)15(20)16(14(18)21)10-6-3-7-11-16/h4-5,8-9H,2-3,6-7,10-11H2,1H3,(H2,18,21). The van der Waals surface area contributed by atoms with Gasteiger partial charge in [0.05, 0.1) is 16.1 Å². The molecule has 1 aromatic rings. The molecule has 1 amide bonds. The van der Waals surface area contributed by atoms with Gasteiger partial charge in [-0.3, -0.25) is 4.79 Å². The van der Waals surface area contributed by atoms with Crippen LogP contribution in [-0.4, -0.2) is 17.4 Å². The number of thiocarbonyl (C=S) groups is 1. The highest BCUT2D eigenvalue weighted by Gasteiger charge is 2.45. The summed E-state index contributed by atoms with van der Waals surface area (Å²) in [7, 11) is 0. The molecule has 1 aliphatic rings. The smallest absolute Gasteiger partial charge is 0.240 e. The van der Waals surface area contributed by atoms with Gasteiger partial charge < -0.3 is 10.6 Å². The molecule has 3 nitrogen and oxygen atoms in total. The summed E-state index contributed by atoms with van der Waals surface area (Å²) < 4.78 is 14.0. The highest BCUT2D eigenvalue weighted by atomic mass is 32.1. The second-order valence-electron chi connectivity index (χ2n) is 5.51. The monoisotopic (exact) mass is 308 g/mol. The minimum atomic E-state index is -0.814. The van der Waals surface area contributed by atoms with Crippen LogP contribution in [-0.2, 0) is 4.79 Å². The number of rotatable bonds is 4. The van der Waals surface area contributed by atoms with Crippen molar-refractivity contribution in [1.29, 1.82) is 0 Å². The van der Waals surface area contributed by atoms with Gasteiger partial charge in [-0.05, 0) is 31.9 Å². The highest BCUT2D eigenvalue weighted by Crippen LogP contribution is 2.39. The summed E-state index contributed by atoms with van der Waals surface area (Å²) in [6.45, 7) is 2.23. The first kappa shape index (κ1) is 15.9. The Bertz CT molecular complexity index is 541. The zero-order chi connectivity index (χ0) is 15.5. The van der Waals surface area contributed by atoms with Crippen molar-refractivity contribution in [2.75, 3.05) is 11.4 Å². The average Bonchev–Trinajstić information content (AvgIpc) is 2.50. The van der Waals surface area contributed by atoms with Crippen LogP contribution in [0.15, 0.2) is 24.3 Å². The summed E-state index contributed by atoms with van der Waals surface area (Å²) in [5.41, 5.74) is 5.39. The number of benzene rings is 1. The summed E-state index contributed by atoms with van der Waals surface area (Å²) in [6, 6.07) is 6.32. The topological polar surface area (TPSA) is 46.3 Å². The van der Waals surface area contributed by atoms with E-state index >= 15 is 0 Å². The normalized spacial score (nSPS) is 17.2. The van der Waals surface area contributed by atoms with Crippen molar-refractivity contribution in [2.45, 2.75) is 39.0 Å². The maximum absolute atomic E-state index is 14.0. The summed E-state index contributed by atoms with van der Waals surface area (Å²) in [6.07, 6.45) is 4.26. The number of anilines is 1. The van der Waals surface area contributed by atoms with E-state index in [-0.39, 0.29) is 10.9 Å². The Hall–Kier alpha value is -1.49. The minimum absolute atomic E-state index is 0.165. The van der Waals surface area contributed by atoms with E-state index in [1.165, 1.54) is 11.0 Å². The van der Waals surface area contributed by atoms with Crippen LogP contribution in [0.25, 0.3) is 0 Å². The van der Waals surface area contributed by atoms with Gasteiger partial charge in [0.25, 0.3) is 0 Å². The number of halogens is 1. The van der Waals surface area contributed by atoms with Gasteiger partial charge in [-0.2, -0.15) is 0 Å². The van der Waals surface area contributed by atoms with E-state index in [9.17, 15) is 9.18 Å². The van der Waals surface area contributed by atoms with E-state index in [0.717, 1.165) is 19.3 Å². The quantitative estimate of drug-likeness (QED) is 0.867. The van der Waals surface area contributed by atoms with Crippen LogP contribution in [0.5, 0.6) is 0 Å². The van der Waals surface area contributed by atoms with Gasteiger partial charge in [-0.15, -0.1) is 0 Å². The largest absolute Gasteiger partial charge is 0.392 e. The molecular formula is C16H21FN2OS. The third-order valence-corrected chi connectivity index (χ3v) is 4.68. The van der Waals surface area contributed by atoms with Gasteiger partial charge in [0.15, 0.2) is 0 Å². The fourth-order valence-corrected chi connectivity index (χ4v) is 3.36. The fourth-order valence-electron chi connectivity index (χ4n) is 3.07. The Balaban J connectivity index is 2.39. The molecule has 0 atom stereocenters. The molecule has 0 bridgehead atoms. The fraction of sp³-hybridized carbons (Fsp3) is 0.500. The van der Waals surface area contributed by atoms with Crippen molar-refractivity contribution >= 4 is 28.8 Å². The number of hydrogen-bond donors (Lipinski definition) is 1. The number of nitrogens with zero attached hydrogens (tertiary/aromatic N) is 1. The maximum Gasteiger partial charge on any atom is 0.240 e. The number of amides is 1. The molecule has 1 aromatic carbocycles. The first-order valence-corrected chi connectivity index (χ1v) is 7.80. The lowest BCUT2D eigenvalue weighted by Gasteiger charge is -2.38. The first-order valence-electron chi connectivity index (χ1n) is 7.39. The average molecular weight is 308 g/mol. The lowest BCUT2D eigenvalue weighted by Crippen LogP contribution is -2.52. The van der Waals surface area contributed by atoms with Crippen LogP contribution in [0.2, 0.25) is 0 Å². The molecule has 0 saturated heterocycles. The van der Waals surface area contributed by atoms with Crippen LogP contribution in [0, 0.1) is 11.2 Å². The van der Waals surface area contributed by atoms with Crippen molar-refractivity contribution < 1.29 is 9.18 Å². The van der Waals surface area contributed by atoms with Crippen LogP contribution in [0.3, 0.4) is 0 Å². The molecule has 5 heteroatoms. The molecule has 0 spiro atoms. The number of para-hydroxylation sites is 1. The Labute approximate surface area is 130 Å². The van der Waals surface area contributed by atoms with Gasteiger partial charge in [0.1, 0.15) is 5.82 Å². The summed E-state index contributed by atoms with van der Waals surface area (Å²) in [4.78, 5) is 14.7. The van der Waals surface area contributed by atoms with Gasteiger partial charge in [-0.1, -0.05) is 43.6 Å². The van der Waals surface area contributed by atoms with Gasteiger partial charge >= 0.3 is 0 Å². The van der Waals surface area contributed by atoms with Crippen molar-refractivity contribution in [2.24, 2.45) is 11.1 Å².